The van der Waals surface area contributed by atoms with Crippen molar-refractivity contribution in [2.24, 2.45) is 0 Å². The summed E-state index contributed by atoms with van der Waals surface area (Å²) >= 11 is 1.81. The Morgan fingerprint density at radius 3 is 2.00 bits per heavy atom. The first-order chi connectivity index (χ1) is 10.9. The first kappa shape index (κ1) is 13.2. The van der Waals surface area contributed by atoms with Gasteiger partial charge in [0.25, 0.3) is 0 Å². The molecule has 0 atom stereocenters. The second kappa shape index (κ2) is 5.70. The summed E-state index contributed by atoms with van der Waals surface area (Å²) in [6, 6.07) is 21.2. The summed E-state index contributed by atoms with van der Waals surface area (Å²) < 4.78 is 0. The zero-order valence-corrected chi connectivity index (χ0v) is 12.8. The predicted octanol–water partition coefficient (Wildman–Crippen LogP) is 5.25. The molecule has 0 radical (unpaired) electrons. The van der Waals surface area contributed by atoms with Crippen LogP contribution in [0.4, 0.5) is 0 Å². The molecular formula is C19H16N2S. The zero-order chi connectivity index (χ0) is 14.8. The number of nitrogens with one attached hydrogen (secondary N) is 2. The van der Waals surface area contributed by atoms with Crippen molar-refractivity contribution < 1.29 is 0 Å². The lowest BCUT2D eigenvalue weighted by Crippen LogP contribution is -2.01. The maximum Gasteiger partial charge on any atom is 0.0735 e. The van der Waals surface area contributed by atoms with Crippen molar-refractivity contribution in [2.45, 2.75) is 5.92 Å². The van der Waals surface area contributed by atoms with Crippen LogP contribution in [-0.2, 0) is 0 Å². The van der Waals surface area contributed by atoms with Crippen LogP contribution in [0.5, 0.6) is 0 Å². The average molecular weight is 304 g/mol. The van der Waals surface area contributed by atoms with Crippen molar-refractivity contribution in [1.29, 1.82) is 0 Å². The van der Waals surface area contributed by atoms with Gasteiger partial charge in [-0.25, -0.2) is 0 Å². The minimum absolute atomic E-state index is 0.229. The molecule has 2 nitrogen and oxygen atoms in total. The Kier molecular flexibility index (Phi) is 3.41. The number of hydrogen-bond donors (Lipinski definition) is 2. The number of H-pyrrole nitrogens is 2. The summed E-state index contributed by atoms with van der Waals surface area (Å²) in [4.78, 5) is 8.06. The van der Waals surface area contributed by atoms with Gasteiger partial charge in [0.15, 0.2) is 0 Å². The molecule has 0 amide bonds. The van der Waals surface area contributed by atoms with Crippen molar-refractivity contribution in [3.05, 3.63) is 94.7 Å². The highest BCUT2D eigenvalue weighted by molar-refractivity contribution is 7.10. The monoisotopic (exact) mass is 304 g/mol. The van der Waals surface area contributed by atoms with Crippen LogP contribution in [-0.4, -0.2) is 9.97 Å². The molecule has 4 rings (SSSR count). The molecule has 0 spiro atoms. The second-order valence-corrected chi connectivity index (χ2v) is 6.23. The third-order valence-corrected chi connectivity index (χ3v) is 4.87. The van der Waals surface area contributed by atoms with Gasteiger partial charge in [-0.15, -0.1) is 11.3 Å². The fraction of sp³-hybridized carbons (Fsp3) is 0.0526. The second-order valence-electron chi connectivity index (χ2n) is 5.29. The van der Waals surface area contributed by atoms with Crippen LogP contribution < -0.4 is 0 Å². The third-order valence-electron chi connectivity index (χ3n) is 3.88. The molecule has 3 heterocycles. The van der Waals surface area contributed by atoms with Crippen molar-refractivity contribution in [3.63, 3.8) is 0 Å². The number of aromatic amines is 2. The van der Waals surface area contributed by atoms with E-state index in [9.17, 15) is 0 Å². The topological polar surface area (TPSA) is 31.6 Å². The first-order valence-corrected chi connectivity index (χ1v) is 8.20. The zero-order valence-electron chi connectivity index (χ0n) is 12.0. The molecule has 22 heavy (non-hydrogen) atoms. The van der Waals surface area contributed by atoms with E-state index in [-0.39, 0.29) is 5.92 Å². The van der Waals surface area contributed by atoms with E-state index in [1.165, 1.54) is 27.4 Å². The Labute approximate surface area is 133 Å². The van der Waals surface area contributed by atoms with E-state index in [0.717, 1.165) is 0 Å². The third kappa shape index (κ3) is 2.40. The van der Waals surface area contributed by atoms with E-state index in [4.69, 9.17) is 0 Å². The van der Waals surface area contributed by atoms with Crippen molar-refractivity contribution in [2.75, 3.05) is 0 Å². The first-order valence-electron chi connectivity index (χ1n) is 7.32. The molecule has 1 aromatic carbocycles. The maximum absolute atomic E-state index is 3.36. The highest BCUT2D eigenvalue weighted by Crippen LogP contribution is 2.36. The standard InChI is InChI=1S/C19H16N2S/c1-2-6-14(7-3-1)15-12-18(22-13-15)19(16-8-4-10-20-16)17-9-5-11-21-17/h1-13,19-21H. The van der Waals surface area contributed by atoms with Crippen LogP contribution in [0, 0.1) is 0 Å². The molecule has 0 aliphatic rings. The Morgan fingerprint density at radius 2 is 1.41 bits per heavy atom. The lowest BCUT2D eigenvalue weighted by Gasteiger charge is -2.12. The van der Waals surface area contributed by atoms with Crippen molar-refractivity contribution in [3.8, 4) is 11.1 Å². The molecule has 2 N–H and O–H groups in total. The van der Waals surface area contributed by atoms with Gasteiger partial charge in [-0.2, -0.15) is 0 Å². The number of hydrogen-bond acceptors (Lipinski definition) is 1. The van der Waals surface area contributed by atoms with Crippen LogP contribution >= 0.6 is 11.3 Å². The van der Waals surface area contributed by atoms with Crippen molar-refractivity contribution >= 4 is 11.3 Å². The molecular weight excluding hydrogens is 288 g/mol. The van der Waals surface area contributed by atoms with Gasteiger partial charge in [0.1, 0.15) is 0 Å². The van der Waals surface area contributed by atoms with Gasteiger partial charge < -0.3 is 9.97 Å². The van der Waals surface area contributed by atoms with E-state index in [1.807, 2.05) is 23.7 Å². The Hall–Kier alpha value is -2.52. The fourth-order valence-corrected chi connectivity index (χ4v) is 3.86. The molecule has 0 saturated carbocycles. The molecule has 0 aliphatic carbocycles. The lowest BCUT2D eigenvalue weighted by molar-refractivity contribution is 0.917. The minimum Gasteiger partial charge on any atom is -0.364 e. The highest BCUT2D eigenvalue weighted by Gasteiger charge is 2.20. The maximum atomic E-state index is 3.36. The normalized spacial score (nSPS) is 11.1. The van der Waals surface area contributed by atoms with Gasteiger partial charge in [-0.3, -0.25) is 0 Å². The number of benzene rings is 1. The van der Waals surface area contributed by atoms with Crippen LogP contribution in [0.2, 0.25) is 0 Å². The Bertz CT molecular complexity index is 793. The smallest absolute Gasteiger partial charge is 0.0735 e. The number of rotatable bonds is 4. The van der Waals surface area contributed by atoms with Crippen LogP contribution in [0.1, 0.15) is 22.2 Å². The van der Waals surface area contributed by atoms with Crippen LogP contribution in [0.3, 0.4) is 0 Å². The molecule has 0 fully saturated rings. The van der Waals surface area contributed by atoms with Crippen molar-refractivity contribution in [1.82, 2.24) is 9.97 Å². The Morgan fingerprint density at radius 1 is 0.727 bits per heavy atom. The van der Waals surface area contributed by atoms with E-state index < -0.39 is 0 Å². The Balaban J connectivity index is 1.77. The summed E-state index contributed by atoms with van der Waals surface area (Å²) in [5, 5.41) is 2.24. The summed E-state index contributed by atoms with van der Waals surface area (Å²) in [5.41, 5.74) is 4.97. The molecule has 0 unspecified atom stereocenters. The van der Waals surface area contributed by atoms with Gasteiger partial charge >= 0.3 is 0 Å². The molecule has 0 saturated heterocycles. The van der Waals surface area contributed by atoms with Crippen LogP contribution in [0.15, 0.2) is 78.4 Å². The van der Waals surface area contributed by atoms with E-state index in [0.29, 0.717) is 0 Å². The fourth-order valence-electron chi connectivity index (χ4n) is 2.81. The molecule has 3 heteroatoms. The van der Waals surface area contributed by atoms with E-state index >= 15 is 0 Å². The quantitative estimate of drug-likeness (QED) is 0.516. The van der Waals surface area contributed by atoms with Gasteiger partial charge in [0, 0.05) is 28.7 Å². The number of aromatic nitrogens is 2. The number of thiophene rings is 1. The summed E-state index contributed by atoms with van der Waals surface area (Å²) in [6.07, 6.45) is 3.97. The van der Waals surface area contributed by atoms with Gasteiger partial charge in [0.05, 0.1) is 5.92 Å². The van der Waals surface area contributed by atoms with E-state index in [1.54, 1.807) is 0 Å². The van der Waals surface area contributed by atoms with Gasteiger partial charge in [0.2, 0.25) is 0 Å². The summed E-state index contributed by atoms with van der Waals surface area (Å²) in [7, 11) is 0. The average Bonchev–Trinajstić information content (AvgIpc) is 3.32. The molecule has 3 aromatic heterocycles. The molecule has 0 aliphatic heterocycles. The molecule has 0 bridgehead atoms. The highest BCUT2D eigenvalue weighted by atomic mass is 32.1. The van der Waals surface area contributed by atoms with Crippen LogP contribution in [0.25, 0.3) is 11.1 Å². The van der Waals surface area contributed by atoms with E-state index in [2.05, 4.69) is 76.0 Å². The summed E-state index contributed by atoms with van der Waals surface area (Å²) in [6.45, 7) is 0. The molecule has 4 aromatic rings. The lowest BCUT2D eigenvalue weighted by atomic mass is 9.98. The minimum atomic E-state index is 0.229. The van der Waals surface area contributed by atoms with Gasteiger partial charge in [-0.1, -0.05) is 30.3 Å². The SMILES string of the molecule is c1ccc(-c2csc(C(c3ccc[nH]3)c3ccc[nH]3)c2)cc1. The predicted molar refractivity (Wildman–Crippen MR) is 92.3 cm³/mol. The molecule has 108 valence electrons. The largest absolute Gasteiger partial charge is 0.364 e. The summed E-state index contributed by atoms with van der Waals surface area (Å²) in [5.74, 6) is 0.229. The van der Waals surface area contributed by atoms with Gasteiger partial charge in [-0.05, 0) is 46.8 Å².